The second kappa shape index (κ2) is 6.52. The minimum atomic E-state index is -3.57. The molecule has 1 atom stereocenters. The molecule has 1 aromatic carbocycles. The molecule has 6 nitrogen and oxygen atoms in total. The quantitative estimate of drug-likeness (QED) is 0.862. The zero-order valence-electron chi connectivity index (χ0n) is 13.7. The highest BCUT2D eigenvalue weighted by Crippen LogP contribution is 2.24. The molecule has 2 heterocycles. The molecule has 0 spiro atoms. The van der Waals surface area contributed by atoms with Gasteiger partial charge in [-0.1, -0.05) is 0 Å². The summed E-state index contributed by atoms with van der Waals surface area (Å²) < 4.78 is 40.6. The first-order valence-electron chi connectivity index (χ1n) is 7.88. The number of hydrogen-bond acceptors (Lipinski definition) is 4. The van der Waals surface area contributed by atoms with E-state index in [1.807, 2.05) is 0 Å². The second-order valence-electron chi connectivity index (χ2n) is 6.19. The van der Waals surface area contributed by atoms with Gasteiger partial charge in [0.15, 0.2) is 0 Å². The second-order valence-corrected chi connectivity index (χ2v) is 7.90. The average molecular weight is 352 g/mol. The van der Waals surface area contributed by atoms with Gasteiger partial charge in [0.05, 0.1) is 11.4 Å². The van der Waals surface area contributed by atoms with Gasteiger partial charge in [0.2, 0.25) is 10.0 Å². The summed E-state index contributed by atoms with van der Waals surface area (Å²) in [5.74, 6) is -0.0366. The Balaban J connectivity index is 1.61. The monoisotopic (exact) mass is 352 g/mol. The Bertz CT molecular complexity index is 798. The summed E-state index contributed by atoms with van der Waals surface area (Å²) >= 11 is 0. The van der Waals surface area contributed by atoms with E-state index in [1.54, 1.807) is 26.0 Å². The van der Waals surface area contributed by atoms with E-state index in [4.69, 9.17) is 0 Å². The molecule has 1 aliphatic rings. The number of rotatable bonds is 5. The van der Waals surface area contributed by atoms with Crippen LogP contribution in [0.3, 0.4) is 0 Å². The third kappa shape index (κ3) is 3.44. The van der Waals surface area contributed by atoms with Gasteiger partial charge in [-0.15, -0.1) is 0 Å². The van der Waals surface area contributed by atoms with Crippen molar-refractivity contribution in [3.63, 3.8) is 0 Å². The third-order valence-electron chi connectivity index (χ3n) is 4.37. The molecule has 8 heteroatoms. The standard InChI is InChI=1S/C16H21FN4O2S/c1-11-16(12(2)20-19-11)24(22,23)18-9-13-7-8-21(10-13)15-5-3-14(17)4-6-15/h3-6,13,18H,7-10H2,1-2H3,(H,19,20). The zero-order chi connectivity index (χ0) is 17.3. The fourth-order valence-corrected chi connectivity index (χ4v) is 4.60. The first kappa shape index (κ1) is 16.9. The molecule has 130 valence electrons. The number of nitrogens with zero attached hydrogens (tertiary/aromatic N) is 2. The Morgan fingerprint density at radius 2 is 2.04 bits per heavy atom. The van der Waals surface area contributed by atoms with Crippen LogP contribution in [0.2, 0.25) is 0 Å². The molecular weight excluding hydrogens is 331 g/mol. The van der Waals surface area contributed by atoms with E-state index < -0.39 is 10.0 Å². The lowest BCUT2D eigenvalue weighted by molar-refractivity contribution is 0.541. The molecular formula is C16H21FN4O2S. The van der Waals surface area contributed by atoms with Gasteiger partial charge in [-0.3, -0.25) is 5.10 Å². The molecule has 1 fully saturated rings. The van der Waals surface area contributed by atoms with Gasteiger partial charge in [0.25, 0.3) is 0 Å². The molecule has 0 radical (unpaired) electrons. The molecule has 0 amide bonds. The molecule has 24 heavy (non-hydrogen) atoms. The summed E-state index contributed by atoms with van der Waals surface area (Å²) in [7, 11) is -3.57. The van der Waals surface area contributed by atoms with E-state index in [9.17, 15) is 12.8 Å². The number of aromatic nitrogens is 2. The Morgan fingerprint density at radius 3 is 2.67 bits per heavy atom. The van der Waals surface area contributed by atoms with Gasteiger partial charge in [-0.2, -0.15) is 5.10 Å². The van der Waals surface area contributed by atoms with Crippen LogP contribution in [0, 0.1) is 25.6 Å². The third-order valence-corrected chi connectivity index (χ3v) is 6.05. The van der Waals surface area contributed by atoms with E-state index in [1.165, 1.54) is 12.1 Å². The van der Waals surface area contributed by atoms with Gasteiger partial charge in [0, 0.05) is 25.3 Å². The van der Waals surface area contributed by atoms with Crippen molar-refractivity contribution in [1.29, 1.82) is 0 Å². The van der Waals surface area contributed by atoms with E-state index in [0.717, 1.165) is 25.2 Å². The van der Waals surface area contributed by atoms with Crippen LogP contribution in [0.5, 0.6) is 0 Å². The Morgan fingerprint density at radius 1 is 1.33 bits per heavy atom. The maximum Gasteiger partial charge on any atom is 0.244 e. The van der Waals surface area contributed by atoms with Crippen LogP contribution in [0.15, 0.2) is 29.2 Å². The van der Waals surface area contributed by atoms with Crippen LogP contribution in [0.1, 0.15) is 17.8 Å². The topological polar surface area (TPSA) is 78.1 Å². The largest absolute Gasteiger partial charge is 0.371 e. The number of anilines is 1. The average Bonchev–Trinajstić information content (AvgIpc) is 3.13. The highest BCUT2D eigenvalue weighted by molar-refractivity contribution is 7.89. The Kier molecular flexibility index (Phi) is 4.60. The summed E-state index contributed by atoms with van der Waals surface area (Å²) in [6.07, 6.45) is 0.892. The van der Waals surface area contributed by atoms with Crippen molar-refractivity contribution in [1.82, 2.24) is 14.9 Å². The highest BCUT2D eigenvalue weighted by atomic mass is 32.2. The van der Waals surface area contributed by atoms with Crippen molar-refractivity contribution >= 4 is 15.7 Å². The van der Waals surface area contributed by atoms with Gasteiger partial charge >= 0.3 is 0 Å². The fourth-order valence-electron chi connectivity index (χ4n) is 3.12. The summed E-state index contributed by atoms with van der Waals surface area (Å²) in [5, 5.41) is 6.63. The van der Waals surface area contributed by atoms with Crippen LogP contribution in [-0.2, 0) is 10.0 Å². The maximum atomic E-state index is 13.0. The predicted molar refractivity (Wildman–Crippen MR) is 90.0 cm³/mol. The number of nitrogens with one attached hydrogen (secondary N) is 2. The predicted octanol–water partition coefficient (Wildman–Crippen LogP) is 1.97. The molecule has 2 N–H and O–H groups in total. The lowest BCUT2D eigenvalue weighted by Gasteiger charge is -2.19. The van der Waals surface area contributed by atoms with Gasteiger partial charge in [0.1, 0.15) is 10.7 Å². The van der Waals surface area contributed by atoms with E-state index in [-0.39, 0.29) is 16.6 Å². The summed E-state index contributed by atoms with van der Waals surface area (Å²) in [5.41, 5.74) is 1.97. The van der Waals surface area contributed by atoms with Gasteiger partial charge in [-0.05, 0) is 50.5 Å². The smallest absolute Gasteiger partial charge is 0.244 e. The first-order valence-corrected chi connectivity index (χ1v) is 9.37. The minimum absolute atomic E-state index is 0.220. The lowest BCUT2D eigenvalue weighted by atomic mass is 10.1. The summed E-state index contributed by atoms with van der Waals surface area (Å²) in [4.78, 5) is 2.38. The van der Waals surface area contributed by atoms with Gasteiger partial charge in [-0.25, -0.2) is 17.5 Å². The lowest BCUT2D eigenvalue weighted by Crippen LogP contribution is -2.31. The van der Waals surface area contributed by atoms with Crippen molar-refractivity contribution in [2.45, 2.75) is 25.2 Å². The SMILES string of the molecule is Cc1n[nH]c(C)c1S(=O)(=O)NCC1CCN(c2ccc(F)cc2)C1. The van der Waals surface area contributed by atoms with Crippen LogP contribution in [0.25, 0.3) is 0 Å². The van der Waals surface area contributed by atoms with Crippen LogP contribution >= 0.6 is 0 Å². The zero-order valence-corrected chi connectivity index (χ0v) is 14.5. The number of benzene rings is 1. The van der Waals surface area contributed by atoms with E-state index >= 15 is 0 Å². The van der Waals surface area contributed by atoms with Crippen molar-refractivity contribution in [3.8, 4) is 0 Å². The summed E-state index contributed by atoms with van der Waals surface area (Å²) in [6, 6.07) is 6.38. The fraction of sp³-hybridized carbons (Fsp3) is 0.438. The minimum Gasteiger partial charge on any atom is -0.371 e. The number of aromatic amines is 1. The van der Waals surface area contributed by atoms with Crippen LogP contribution < -0.4 is 9.62 Å². The molecule has 1 aromatic heterocycles. The highest BCUT2D eigenvalue weighted by Gasteiger charge is 2.27. The van der Waals surface area contributed by atoms with E-state index in [0.29, 0.717) is 17.9 Å². The van der Waals surface area contributed by atoms with Crippen molar-refractivity contribution in [2.75, 3.05) is 24.5 Å². The maximum absolute atomic E-state index is 13.0. The normalized spacial score (nSPS) is 18.3. The molecule has 1 aliphatic heterocycles. The number of sulfonamides is 1. The number of halogens is 1. The van der Waals surface area contributed by atoms with Gasteiger partial charge < -0.3 is 4.90 Å². The summed E-state index contributed by atoms with van der Waals surface area (Å²) in [6.45, 7) is 5.33. The van der Waals surface area contributed by atoms with Crippen molar-refractivity contribution < 1.29 is 12.8 Å². The molecule has 2 aromatic rings. The van der Waals surface area contributed by atoms with Crippen LogP contribution in [-0.4, -0.2) is 38.2 Å². The Labute approximate surface area is 141 Å². The van der Waals surface area contributed by atoms with E-state index in [2.05, 4.69) is 19.8 Å². The first-order chi connectivity index (χ1) is 11.4. The molecule has 0 aliphatic carbocycles. The molecule has 3 rings (SSSR count). The number of aryl methyl sites for hydroxylation is 2. The molecule has 1 saturated heterocycles. The number of H-pyrrole nitrogens is 1. The van der Waals surface area contributed by atoms with Crippen molar-refractivity contribution in [3.05, 3.63) is 41.5 Å². The molecule has 1 unspecified atom stereocenters. The molecule has 0 saturated carbocycles. The number of hydrogen-bond donors (Lipinski definition) is 2. The van der Waals surface area contributed by atoms with Crippen molar-refractivity contribution in [2.24, 2.45) is 5.92 Å². The molecule has 0 bridgehead atoms. The Hall–Kier alpha value is -1.93. The van der Waals surface area contributed by atoms with Crippen LogP contribution in [0.4, 0.5) is 10.1 Å².